The lowest BCUT2D eigenvalue weighted by molar-refractivity contribution is -0.123. The van der Waals surface area contributed by atoms with E-state index in [0.717, 1.165) is 6.21 Å². The van der Waals surface area contributed by atoms with E-state index in [9.17, 15) is 9.18 Å². The molecular weight excluding hydrogens is 447 g/mol. The van der Waals surface area contributed by atoms with E-state index in [1.807, 2.05) is 44.2 Å². The number of nitrogen functional groups attached to an aromatic ring is 1. The Hall–Kier alpha value is -4.53. The van der Waals surface area contributed by atoms with E-state index < -0.39 is 5.82 Å². The lowest BCUT2D eigenvalue weighted by Gasteiger charge is -2.14. The summed E-state index contributed by atoms with van der Waals surface area (Å²) in [6, 6.07) is 17.1. The molecule has 0 aliphatic rings. The Morgan fingerprint density at radius 1 is 1.14 bits per heavy atom. The van der Waals surface area contributed by atoms with Crippen LogP contribution in [0.15, 0.2) is 60.7 Å². The van der Waals surface area contributed by atoms with E-state index in [2.05, 4.69) is 20.6 Å². The van der Waals surface area contributed by atoms with Crippen LogP contribution in [0.1, 0.15) is 19.4 Å². The Labute approximate surface area is 201 Å². The number of rotatable bonds is 8. The summed E-state index contributed by atoms with van der Waals surface area (Å²) in [5.41, 5.74) is 7.81. The monoisotopic (exact) mass is 472 g/mol. The van der Waals surface area contributed by atoms with Crippen molar-refractivity contribution in [1.82, 2.24) is 15.3 Å². The zero-order valence-corrected chi connectivity index (χ0v) is 19.3. The standard InChI is InChI=1S/C26H25FN6O2/c1-15(2)30-24(34)14-35-18-7-5-6-16(10-18)25-31-22-9-4-3-8-19(22)26(33-25)32-23-11-17(13-28)21(29)12-20(23)27/h3-13,15,28H,14,29H2,1-2H3,(H,30,34)(H,31,32,33). The van der Waals surface area contributed by atoms with E-state index >= 15 is 0 Å². The molecule has 0 radical (unpaired) electrons. The molecule has 0 bridgehead atoms. The molecule has 5 N–H and O–H groups in total. The topological polar surface area (TPSA) is 126 Å². The lowest BCUT2D eigenvalue weighted by Crippen LogP contribution is -2.34. The van der Waals surface area contributed by atoms with Crippen molar-refractivity contribution in [2.75, 3.05) is 17.7 Å². The normalized spacial score (nSPS) is 10.9. The van der Waals surface area contributed by atoms with E-state index in [1.165, 1.54) is 12.1 Å². The average Bonchev–Trinajstić information content (AvgIpc) is 2.84. The van der Waals surface area contributed by atoms with Crippen LogP contribution in [-0.2, 0) is 4.79 Å². The minimum Gasteiger partial charge on any atom is -0.484 e. The number of carbonyl (C=O) groups excluding carboxylic acids is 1. The number of aromatic nitrogens is 2. The summed E-state index contributed by atoms with van der Waals surface area (Å²) in [6.07, 6.45) is 1.07. The molecule has 0 aliphatic carbocycles. The SMILES string of the molecule is CC(C)NC(=O)COc1cccc(-c2nc(Nc3cc(C=N)c(N)cc3F)c3ccccc3n2)c1. The second-order valence-corrected chi connectivity index (χ2v) is 8.18. The van der Waals surface area contributed by atoms with Crippen LogP contribution in [0, 0.1) is 11.2 Å². The molecule has 178 valence electrons. The van der Waals surface area contributed by atoms with E-state index in [4.69, 9.17) is 15.9 Å². The fraction of sp³-hybridized carbons (Fsp3) is 0.154. The van der Waals surface area contributed by atoms with Gasteiger partial charge in [-0.05, 0) is 50.2 Å². The van der Waals surface area contributed by atoms with Crippen LogP contribution in [0.2, 0.25) is 0 Å². The van der Waals surface area contributed by atoms with Crippen LogP contribution in [0.4, 0.5) is 21.6 Å². The highest BCUT2D eigenvalue weighted by Gasteiger charge is 2.14. The van der Waals surface area contributed by atoms with Crippen LogP contribution < -0.4 is 21.1 Å². The minimum absolute atomic E-state index is 0.0235. The van der Waals surface area contributed by atoms with E-state index in [0.29, 0.717) is 39.4 Å². The second-order valence-electron chi connectivity index (χ2n) is 8.18. The van der Waals surface area contributed by atoms with Crippen LogP contribution in [-0.4, -0.2) is 34.7 Å². The molecular formula is C26H25FN6O2. The molecule has 0 spiro atoms. The molecule has 0 saturated carbocycles. The van der Waals surface area contributed by atoms with Gasteiger partial charge in [0.25, 0.3) is 5.91 Å². The first-order valence-corrected chi connectivity index (χ1v) is 11.0. The Morgan fingerprint density at radius 2 is 1.94 bits per heavy atom. The molecule has 1 heterocycles. The van der Waals surface area contributed by atoms with Gasteiger partial charge in [-0.1, -0.05) is 24.3 Å². The fourth-order valence-corrected chi connectivity index (χ4v) is 3.49. The summed E-state index contributed by atoms with van der Waals surface area (Å²) >= 11 is 0. The largest absolute Gasteiger partial charge is 0.484 e. The molecule has 4 rings (SSSR count). The molecule has 1 amide bonds. The predicted molar refractivity (Wildman–Crippen MR) is 136 cm³/mol. The van der Waals surface area contributed by atoms with Gasteiger partial charge >= 0.3 is 0 Å². The fourth-order valence-electron chi connectivity index (χ4n) is 3.49. The Morgan fingerprint density at radius 3 is 2.71 bits per heavy atom. The molecule has 0 saturated heterocycles. The van der Waals surface area contributed by atoms with Gasteiger partial charge in [-0.15, -0.1) is 0 Å². The number of amides is 1. The highest BCUT2D eigenvalue weighted by molar-refractivity contribution is 5.93. The highest BCUT2D eigenvalue weighted by atomic mass is 19.1. The molecule has 35 heavy (non-hydrogen) atoms. The maximum absolute atomic E-state index is 14.6. The second kappa shape index (κ2) is 10.2. The maximum Gasteiger partial charge on any atom is 0.258 e. The summed E-state index contributed by atoms with van der Waals surface area (Å²) in [4.78, 5) is 21.2. The molecule has 0 unspecified atom stereocenters. The lowest BCUT2D eigenvalue weighted by atomic mass is 10.1. The van der Waals surface area contributed by atoms with Gasteiger partial charge in [0.1, 0.15) is 17.4 Å². The maximum atomic E-state index is 14.6. The zero-order valence-electron chi connectivity index (χ0n) is 19.3. The van der Waals surface area contributed by atoms with Crippen molar-refractivity contribution in [3.8, 4) is 17.1 Å². The summed E-state index contributed by atoms with van der Waals surface area (Å²) in [5.74, 6) is 0.508. The van der Waals surface area contributed by atoms with Crippen molar-refractivity contribution in [2.45, 2.75) is 19.9 Å². The van der Waals surface area contributed by atoms with Crippen LogP contribution in [0.3, 0.4) is 0 Å². The van der Waals surface area contributed by atoms with Gasteiger partial charge in [0.2, 0.25) is 0 Å². The molecule has 1 aromatic heterocycles. The number of nitrogens with one attached hydrogen (secondary N) is 3. The van der Waals surface area contributed by atoms with Gasteiger partial charge in [0.15, 0.2) is 12.4 Å². The zero-order chi connectivity index (χ0) is 24.9. The van der Waals surface area contributed by atoms with E-state index in [1.54, 1.807) is 18.2 Å². The van der Waals surface area contributed by atoms with Gasteiger partial charge in [0, 0.05) is 34.5 Å². The molecule has 0 fully saturated rings. The summed E-state index contributed by atoms with van der Waals surface area (Å²) in [7, 11) is 0. The first-order valence-electron chi connectivity index (χ1n) is 11.0. The summed E-state index contributed by atoms with van der Waals surface area (Å²) in [6.45, 7) is 3.64. The van der Waals surface area contributed by atoms with Crippen LogP contribution in [0.5, 0.6) is 5.75 Å². The third-order valence-corrected chi connectivity index (χ3v) is 5.10. The molecule has 3 aromatic carbocycles. The molecule has 4 aromatic rings. The van der Waals surface area contributed by atoms with Crippen molar-refractivity contribution in [3.63, 3.8) is 0 Å². The smallest absolute Gasteiger partial charge is 0.258 e. The van der Waals surface area contributed by atoms with Crippen LogP contribution in [0.25, 0.3) is 22.3 Å². The number of nitrogens with two attached hydrogens (primary N) is 1. The van der Waals surface area contributed by atoms with Crippen molar-refractivity contribution < 1.29 is 13.9 Å². The molecule has 0 aliphatic heterocycles. The number of hydrogen-bond donors (Lipinski definition) is 4. The van der Waals surface area contributed by atoms with Crippen LogP contribution >= 0.6 is 0 Å². The van der Waals surface area contributed by atoms with Crippen molar-refractivity contribution in [1.29, 1.82) is 5.41 Å². The third kappa shape index (κ3) is 5.52. The molecule has 8 nitrogen and oxygen atoms in total. The number of anilines is 3. The van der Waals surface area contributed by atoms with Gasteiger partial charge in [-0.2, -0.15) is 0 Å². The van der Waals surface area contributed by atoms with Crippen molar-refractivity contribution in [2.24, 2.45) is 0 Å². The summed E-state index contributed by atoms with van der Waals surface area (Å²) in [5, 5.41) is 14.0. The highest BCUT2D eigenvalue weighted by Crippen LogP contribution is 2.30. The summed E-state index contributed by atoms with van der Waals surface area (Å²) < 4.78 is 20.3. The Bertz CT molecular complexity index is 1410. The third-order valence-electron chi connectivity index (χ3n) is 5.10. The number of halogens is 1. The number of benzene rings is 3. The molecule has 9 heteroatoms. The number of carbonyl (C=O) groups is 1. The molecule has 0 atom stereocenters. The van der Waals surface area contributed by atoms with Crippen molar-refractivity contribution >= 4 is 40.2 Å². The average molecular weight is 473 g/mol. The van der Waals surface area contributed by atoms with Gasteiger partial charge in [-0.3, -0.25) is 4.79 Å². The predicted octanol–water partition coefficient (Wildman–Crippen LogP) is 4.66. The Kier molecular flexibility index (Phi) is 6.86. The van der Waals surface area contributed by atoms with Crippen molar-refractivity contribution in [3.05, 3.63) is 72.0 Å². The van der Waals surface area contributed by atoms with Gasteiger partial charge in [0.05, 0.1) is 11.2 Å². The first kappa shape index (κ1) is 23.6. The number of fused-ring (bicyclic) bond motifs is 1. The first-order chi connectivity index (χ1) is 16.8. The van der Waals surface area contributed by atoms with Gasteiger partial charge < -0.3 is 26.5 Å². The number of nitrogens with zero attached hydrogens (tertiary/aromatic N) is 2. The number of ether oxygens (including phenoxy) is 1. The quantitative estimate of drug-likeness (QED) is 0.218. The Balaban J connectivity index is 1.69. The van der Waals surface area contributed by atoms with E-state index in [-0.39, 0.29) is 29.9 Å². The number of para-hydroxylation sites is 1. The number of hydrogen-bond acceptors (Lipinski definition) is 7. The minimum atomic E-state index is -0.563. The van der Waals surface area contributed by atoms with Gasteiger partial charge in [-0.25, -0.2) is 14.4 Å².